The van der Waals surface area contributed by atoms with Gasteiger partial charge in [-0.05, 0) is 53.9 Å². The second-order valence-electron chi connectivity index (χ2n) is 4.40. The third kappa shape index (κ3) is 5.88. The van der Waals surface area contributed by atoms with E-state index in [0.717, 1.165) is 23.2 Å². The second kappa shape index (κ2) is 8.83. The first kappa shape index (κ1) is 17.7. The summed E-state index contributed by atoms with van der Waals surface area (Å²) in [5.41, 5.74) is 0.379. The minimum absolute atomic E-state index is 0.0841. The van der Waals surface area contributed by atoms with Gasteiger partial charge in [0.1, 0.15) is 0 Å². The minimum atomic E-state index is -1.06. The van der Waals surface area contributed by atoms with E-state index < -0.39 is 12.0 Å². The lowest BCUT2D eigenvalue weighted by atomic mass is 10.2. The first-order chi connectivity index (χ1) is 9.97. The smallest absolute Gasteiger partial charge is 0.337 e. The molecule has 0 heterocycles. The largest absolute Gasteiger partial charge is 0.478 e. The SMILES string of the molecule is CCN(CC)CCNC(=O)Nc1ccc(I)cc1C(=O)O. The van der Waals surface area contributed by atoms with Crippen molar-refractivity contribution in [1.29, 1.82) is 0 Å². The van der Waals surface area contributed by atoms with Gasteiger partial charge in [0.05, 0.1) is 11.3 Å². The fraction of sp³-hybridized carbons (Fsp3) is 0.429. The zero-order valence-corrected chi connectivity index (χ0v) is 14.3. The molecule has 0 spiro atoms. The Bertz CT molecular complexity index is 504. The van der Waals surface area contributed by atoms with E-state index in [2.05, 4.69) is 29.4 Å². The minimum Gasteiger partial charge on any atom is -0.478 e. The number of carbonyl (C=O) groups is 2. The molecule has 0 aliphatic heterocycles. The molecular weight excluding hydrogens is 385 g/mol. The normalized spacial score (nSPS) is 10.5. The summed E-state index contributed by atoms with van der Waals surface area (Å²) in [6.45, 7) is 7.27. The Balaban J connectivity index is 2.57. The molecule has 21 heavy (non-hydrogen) atoms. The number of rotatable bonds is 7. The van der Waals surface area contributed by atoms with Crippen LogP contribution >= 0.6 is 22.6 Å². The van der Waals surface area contributed by atoms with Crippen LogP contribution in [0.1, 0.15) is 24.2 Å². The predicted molar refractivity (Wildman–Crippen MR) is 90.9 cm³/mol. The van der Waals surface area contributed by atoms with Gasteiger partial charge in [-0.2, -0.15) is 0 Å². The number of aromatic carboxylic acids is 1. The zero-order valence-electron chi connectivity index (χ0n) is 12.1. The fourth-order valence-electron chi connectivity index (χ4n) is 1.84. The van der Waals surface area contributed by atoms with Crippen LogP contribution in [0.25, 0.3) is 0 Å². The van der Waals surface area contributed by atoms with Crippen LogP contribution < -0.4 is 10.6 Å². The summed E-state index contributed by atoms with van der Waals surface area (Å²) in [7, 11) is 0. The number of carboxylic acid groups (broad SMARTS) is 1. The highest BCUT2D eigenvalue weighted by Gasteiger charge is 2.12. The van der Waals surface area contributed by atoms with Crippen molar-refractivity contribution in [3.8, 4) is 0 Å². The number of amides is 2. The third-order valence-corrected chi connectivity index (χ3v) is 3.74. The van der Waals surface area contributed by atoms with Gasteiger partial charge in [-0.1, -0.05) is 13.8 Å². The molecule has 116 valence electrons. The molecule has 1 rings (SSSR count). The van der Waals surface area contributed by atoms with Crippen molar-refractivity contribution in [1.82, 2.24) is 10.2 Å². The Kier molecular flexibility index (Phi) is 7.44. The van der Waals surface area contributed by atoms with Crippen molar-refractivity contribution in [2.45, 2.75) is 13.8 Å². The lowest BCUT2D eigenvalue weighted by molar-refractivity contribution is 0.0698. The van der Waals surface area contributed by atoms with Gasteiger partial charge >= 0.3 is 12.0 Å². The van der Waals surface area contributed by atoms with Gasteiger partial charge in [-0.15, -0.1) is 0 Å². The molecule has 0 aromatic heterocycles. The van der Waals surface area contributed by atoms with E-state index in [0.29, 0.717) is 12.2 Å². The molecule has 0 saturated carbocycles. The fourth-order valence-corrected chi connectivity index (χ4v) is 2.33. The van der Waals surface area contributed by atoms with Crippen molar-refractivity contribution in [2.75, 3.05) is 31.5 Å². The molecule has 7 heteroatoms. The molecule has 2 amide bonds. The van der Waals surface area contributed by atoms with Crippen molar-refractivity contribution in [2.24, 2.45) is 0 Å². The van der Waals surface area contributed by atoms with Gasteiger partial charge in [-0.25, -0.2) is 9.59 Å². The van der Waals surface area contributed by atoms with Gasteiger partial charge in [0, 0.05) is 16.7 Å². The van der Waals surface area contributed by atoms with Crippen LogP contribution in [0.4, 0.5) is 10.5 Å². The standard InChI is InChI=1S/C14H20IN3O3/c1-3-18(4-2)8-7-16-14(21)17-12-6-5-10(15)9-11(12)13(19)20/h5-6,9H,3-4,7-8H2,1-2H3,(H,19,20)(H2,16,17,21). The van der Waals surface area contributed by atoms with E-state index >= 15 is 0 Å². The molecular formula is C14H20IN3O3. The van der Waals surface area contributed by atoms with Crippen molar-refractivity contribution >= 4 is 40.3 Å². The van der Waals surface area contributed by atoms with E-state index in [-0.39, 0.29) is 5.56 Å². The summed E-state index contributed by atoms with van der Waals surface area (Å²) in [6, 6.07) is 4.47. The molecule has 0 atom stereocenters. The summed E-state index contributed by atoms with van der Waals surface area (Å²) in [5.74, 6) is -1.06. The number of urea groups is 1. The van der Waals surface area contributed by atoms with Crippen molar-refractivity contribution in [3.05, 3.63) is 27.3 Å². The van der Waals surface area contributed by atoms with Crippen LogP contribution in [0.5, 0.6) is 0 Å². The average Bonchev–Trinajstić information content (AvgIpc) is 2.45. The van der Waals surface area contributed by atoms with Gasteiger partial charge in [0.15, 0.2) is 0 Å². The molecule has 0 unspecified atom stereocenters. The topological polar surface area (TPSA) is 81.7 Å². The first-order valence-corrected chi connectivity index (χ1v) is 7.85. The number of halogens is 1. The van der Waals surface area contributed by atoms with Crippen molar-refractivity contribution < 1.29 is 14.7 Å². The molecule has 0 saturated heterocycles. The Hall–Kier alpha value is -1.35. The van der Waals surface area contributed by atoms with Gasteiger partial charge < -0.3 is 20.6 Å². The maximum atomic E-state index is 11.8. The highest BCUT2D eigenvalue weighted by molar-refractivity contribution is 14.1. The Labute approximate surface area is 138 Å². The van der Waals surface area contributed by atoms with E-state index in [1.54, 1.807) is 12.1 Å². The number of anilines is 1. The second-order valence-corrected chi connectivity index (χ2v) is 5.65. The Morgan fingerprint density at radius 3 is 2.52 bits per heavy atom. The van der Waals surface area contributed by atoms with E-state index in [4.69, 9.17) is 5.11 Å². The summed E-state index contributed by atoms with van der Waals surface area (Å²) in [6.07, 6.45) is 0. The number of benzene rings is 1. The lowest BCUT2D eigenvalue weighted by Gasteiger charge is -2.18. The van der Waals surface area contributed by atoms with Crippen LogP contribution in [0.2, 0.25) is 0 Å². The van der Waals surface area contributed by atoms with Crippen LogP contribution in [-0.2, 0) is 0 Å². The van der Waals surface area contributed by atoms with Crippen LogP contribution in [0.3, 0.4) is 0 Å². The van der Waals surface area contributed by atoms with E-state index in [1.165, 1.54) is 6.07 Å². The highest BCUT2D eigenvalue weighted by Crippen LogP contribution is 2.18. The molecule has 0 aliphatic carbocycles. The number of hydrogen-bond acceptors (Lipinski definition) is 3. The highest BCUT2D eigenvalue weighted by atomic mass is 127. The zero-order chi connectivity index (χ0) is 15.8. The molecule has 3 N–H and O–H groups in total. The predicted octanol–water partition coefficient (Wildman–Crippen LogP) is 2.45. The average molecular weight is 405 g/mol. The molecule has 1 aromatic carbocycles. The summed E-state index contributed by atoms with van der Waals surface area (Å²) < 4.78 is 0.803. The van der Waals surface area contributed by atoms with Crippen molar-refractivity contribution in [3.63, 3.8) is 0 Å². The summed E-state index contributed by atoms with van der Waals surface area (Å²) in [4.78, 5) is 25.1. The van der Waals surface area contributed by atoms with Crippen LogP contribution in [-0.4, -0.2) is 48.2 Å². The molecule has 0 radical (unpaired) electrons. The number of hydrogen-bond donors (Lipinski definition) is 3. The number of likely N-dealkylation sites (N-methyl/N-ethyl adjacent to an activating group) is 1. The number of carbonyl (C=O) groups excluding carboxylic acids is 1. The Morgan fingerprint density at radius 1 is 1.29 bits per heavy atom. The Morgan fingerprint density at radius 2 is 1.95 bits per heavy atom. The number of nitrogens with one attached hydrogen (secondary N) is 2. The third-order valence-electron chi connectivity index (χ3n) is 3.07. The van der Waals surface area contributed by atoms with Gasteiger partial charge in [0.25, 0.3) is 0 Å². The monoisotopic (exact) mass is 405 g/mol. The van der Waals surface area contributed by atoms with Gasteiger partial charge in [-0.3, -0.25) is 0 Å². The number of carboxylic acids is 1. The number of nitrogens with zero attached hydrogens (tertiary/aromatic N) is 1. The van der Waals surface area contributed by atoms with Crippen LogP contribution in [0.15, 0.2) is 18.2 Å². The molecule has 0 bridgehead atoms. The molecule has 0 aliphatic rings. The van der Waals surface area contributed by atoms with E-state index in [1.807, 2.05) is 22.6 Å². The molecule has 0 fully saturated rings. The van der Waals surface area contributed by atoms with Gasteiger partial charge in [0.2, 0.25) is 0 Å². The summed E-state index contributed by atoms with van der Waals surface area (Å²) >= 11 is 2.03. The van der Waals surface area contributed by atoms with Crippen LogP contribution in [0, 0.1) is 3.57 Å². The van der Waals surface area contributed by atoms with E-state index in [9.17, 15) is 9.59 Å². The molecule has 1 aromatic rings. The maximum Gasteiger partial charge on any atom is 0.337 e. The summed E-state index contributed by atoms with van der Waals surface area (Å²) in [5, 5.41) is 14.4. The maximum absolute atomic E-state index is 11.8. The lowest BCUT2D eigenvalue weighted by Crippen LogP contribution is -2.37. The quantitative estimate of drug-likeness (QED) is 0.609. The first-order valence-electron chi connectivity index (χ1n) is 6.78. The molecule has 6 nitrogen and oxygen atoms in total.